The maximum atomic E-state index is 13.0. The molecule has 0 aliphatic carbocycles. The second-order valence-electron chi connectivity index (χ2n) is 7.52. The van der Waals surface area contributed by atoms with Crippen LogP contribution in [0.25, 0.3) is 11.4 Å². The van der Waals surface area contributed by atoms with E-state index in [-0.39, 0.29) is 23.7 Å². The third kappa shape index (κ3) is 4.96. The summed E-state index contributed by atoms with van der Waals surface area (Å²) in [7, 11) is 0. The molecular weight excluding hydrogens is 397 g/mol. The van der Waals surface area contributed by atoms with E-state index in [4.69, 9.17) is 0 Å². The smallest absolute Gasteiger partial charge is 0.251 e. The third-order valence-corrected chi connectivity index (χ3v) is 5.40. The highest BCUT2D eigenvalue weighted by molar-refractivity contribution is 5.79. The molecule has 1 saturated heterocycles. The number of carbonyl (C=O) groups is 1. The van der Waals surface area contributed by atoms with Crippen LogP contribution in [0.15, 0.2) is 53.5 Å². The number of aromatic nitrogens is 3. The Balaban J connectivity index is 1.36. The molecule has 0 unspecified atom stereocenters. The van der Waals surface area contributed by atoms with Gasteiger partial charge in [0.15, 0.2) is 0 Å². The summed E-state index contributed by atoms with van der Waals surface area (Å²) in [6.45, 7) is 4.54. The molecule has 0 spiro atoms. The first kappa shape index (κ1) is 20.7. The Kier molecular flexibility index (Phi) is 6.06. The number of anilines is 1. The molecule has 1 aliphatic rings. The Hall–Kier alpha value is -3.55. The lowest BCUT2D eigenvalue weighted by Gasteiger charge is -2.35. The van der Waals surface area contributed by atoms with Gasteiger partial charge in [-0.1, -0.05) is 19.1 Å². The molecule has 2 aromatic heterocycles. The average Bonchev–Trinajstić information content (AvgIpc) is 2.80. The van der Waals surface area contributed by atoms with E-state index in [9.17, 15) is 14.0 Å². The first-order valence-corrected chi connectivity index (χ1v) is 10.4. The molecule has 1 amide bonds. The fraction of sp³-hybridized carbons (Fsp3) is 0.304. The number of hydrogen-bond acceptors (Lipinski definition) is 5. The molecule has 0 atom stereocenters. The topological polar surface area (TPSA) is 82.2 Å². The van der Waals surface area contributed by atoms with E-state index in [0.29, 0.717) is 38.4 Å². The van der Waals surface area contributed by atoms with Gasteiger partial charge in [-0.3, -0.25) is 9.59 Å². The third-order valence-electron chi connectivity index (χ3n) is 5.40. The predicted octanol–water partition coefficient (Wildman–Crippen LogP) is 2.42. The van der Waals surface area contributed by atoms with Gasteiger partial charge in [0, 0.05) is 49.7 Å². The molecule has 7 nitrogen and oxygen atoms in total. The Morgan fingerprint density at radius 3 is 2.48 bits per heavy atom. The Morgan fingerprint density at radius 2 is 1.84 bits per heavy atom. The zero-order valence-electron chi connectivity index (χ0n) is 17.3. The highest BCUT2D eigenvalue weighted by atomic mass is 19.1. The lowest BCUT2D eigenvalue weighted by atomic mass is 10.1. The van der Waals surface area contributed by atoms with Gasteiger partial charge in [-0.2, -0.15) is 0 Å². The van der Waals surface area contributed by atoms with E-state index in [2.05, 4.69) is 19.9 Å². The highest BCUT2D eigenvalue weighted by Crippen LogP contribution is 2.19. The number of rotatable bonds is 5. The summed E-state index contributed by atoms with van der Waals surface area (Å²) < 4.78 is 13.0. The minimum absolute atomic E-state index is 0.0420. The van der Waals surface area contributed by atoms with Gasteiger partial charge in [0.2, 0.25) is 5.91 Å². The number of H-pyrrole nitrogens is 1. The second-order valence-corrected chi connectivity index (χ2v) is 7.52. The lowest BCUT2D eigenvalue weighted by Crippen LogP contribution is -2.49. The van der Waals surface area contributed by atoms with Crippen LogP contribution in [-0.4, -0.2) is 51.9 Å². The lowest BCUT2D eigenvalue weighted by molar-refractivity contribution is -0.130. The molecule has 1 aromatic carbocycles. The van der Waals surface area contributed by atoms with Crippen molar-refractivity contribution < 1.29 is 9.18 Å². The molecule has 4 rings (SSSR count). The molecule has 3 aromatic rings. The summed E-state index contributed by atoms with van der Waals surface area (Å²) in [6, 6.07) is 11.3. The maximum Gasteiger partial charge on any atom is 0.251 e. The average molecular weight is 421 g/mol. The summed E-state index contributed by atoms with van der Waals surface area (Å²) in [5.74, 6) is 1.08. The van der Waals surface area contributed by atoms with Gasteiger partial charge < -0.3 is 14.8 Å². The maximum absolute atomic E-state index is 13.0. The van der Waals surface area contributed by atoms with Crippen molar-refractivity contribution in [1.82, 2.24) is 19.9 Å². The number of nitrogens with one attached hydrogen (secondary N) is 1. The minimum Gasteiger partial charge on any atom is -0.353 e. The monoisotopic (exact) mass is 421 g/mol. The Bertz CT molecular complexity index is 1100. The van der Waals surface area contributed by atoms with E-state index in [0.717, 1.165) is 22.6 Å². The molecule has 0 saturated carbocycles. The molecule has 1 aliphatic heterocycles. The van der Waals surface area contributed by atoms with Crippen molar-refractivity contribution in [3.8, 4) is 11.4 Å². The molecule has 31 heavy (non-hydrogen) atoms. The second kappa shape index (κ2) is 9.07. The fourth-order valence-corrected chi connectivity index (χ4v) is 3.61. The summed E-state index contributed by atoms with van der Waals surface area (Å²) >= 11 is 0. The van der Waals surface area contributed by atoms with E-state index >= 15 is 0 Å². The molecule has 0 radical (unpaired) electrons. The molecule has 1 fully saturated rings. The van der Waals surface area contributed by atoms with Gasteiger partial charge in [0.05, 0.1) is 6.42 Å². The van der Waals surface area contributed by atoms with Crippen molar-refractivity contribution in [3.05, 3.63) is 76.1 Å². The standard InChI is InChI=1S/C23H24FN5O2/c1-2-19-14-21(30)27-23(26-19)17-5-8-20(25-15-17)28-9-11-29(12-10-28)22(31)13-16-3-6-18(24)7-4-16/h3-8,14-15H,2,9-13H2,1H3,(H,26,27,30). The van der Waals surface area contributed by atoms with Gasteiger partial charge >= 0.3 is 0 Å². The number of aryl methyl sites for hydroxylation is 1. The summed E-state index contributed by atoms with van der Waals surface area (Å²) in [5, 5.41) is 0. The Morgan fingerprint density at radius 1 is 1.10 bits per heavy atom. The number of aromatic amines is 1. The van der Waals surface area contributed by atoms with E-state index in [1.807, 2.05) is 24.0 Å². The summed E-state index contributed by atoms with van der Waals surface area (Å²) in [5.41, 5.74) is 2.13. The number of halogens is 1. The van der Waals surface area contributed by atoms with E-state index in [1.165, 1.54) is 18.2 Å². The quantitative estimate of drug-likeness (QED) is 0.684. The van der Waals surface area contributed by atoms with Crippen LogP contribution in [0.3, 0.4) is 0 Å². The van der Waals surface area contributed by atoms with Crippen LogP contribution >= 0.6 is 0 Å². The highest BCUT2D eigenvalue weighted by Gasteiger charge is 2.22. The summed E-state index contributed by atoms with van der Waals surface area (Å²) in [4.78, 5) is 40.0. The van der Waals surface area contributed by atoms with Crippen molar-refractivity contribution in [2.75, 3.05) is 31.1 Å². The zero-order valence-corrected chi connectivity index (χ0v) is 17.3. The molecule has 8 heteroatoms. The molecule has 0 bridgehead atoms. The zero-order chi connectivity index (χ0) is 21.8. The van der Waals surface area contributed by atoms with Gasteiger partial charge in [-0.05, 0) is 36.2 Å². The molecule has 160 valence electrons. The number of piperazine rings is 1. The van der Waals surface area contributed by atoms with Crippen LogP contribution in [0.1, 0.15) is 18.2 Å². The van der Waals surface area contributed by atoms with E-state index < -0.39 is 0 Å². The molecule has 1 N–H and O–H groups in total. The number of carbonyl (C=O) groups excluding carboxylic acids is 1. The number of hydrogen-bond donors (Lipinski definition) is 1. The number of pyridine rings is 1. The fourth-order valence-electron chi connectivity index (χ4n) is 3.61. The van der Waals surface area contributed by atoms with Crippen molar-refractivity contribution in [2.24, 2.45) is 0 Å². The largest absolute Gasteiger partial charge is 0.353 e. The van der Waals surface area contributed by atoms with Crippen molar-refractivity contribution in [3.63, 3.8) is 0 Å². The predicted molar refractivity (Wildman–Crippen MR) is 116 cm³/mol. The minimum atomic E-state index is -0.302. The molecule has 3 heterocycles. The first-order valence-electron chi connectivity index (χ1n) is 10.4. The van der Waals surface area contributed by atoms with Gasteiger partial charge in [0.25, 0.3) is 5.56 Å². The van der Waals surface area contributed by atoms with Crippen molar-refractivity contribution in [2.45, 2.75) is 19.8 Å². The van der Waals surface area contributed by atoms with Crippen molar-refractivity contribution >= 4 is 11.7 Å². The number of nitrogens with zero attached hydrogens (tertiary/aromatic N) is 4. The van der Waals surface area contributed by atoms with Gasteiger partial charge in [-0.15, -0.1) is 0 Å². The first-order chi connectivity index (χ1) is 15.0. The van der Waals surface area contributed by atoms with E-state index in [1.54, 1.807) is 18.3 Å². The summed E-state index contributed by atoms with van der Waals surface area (Å²) in [6.07, 6.45) is 2.67. The number of amides is 1. The Labute approximate surface area is 179 Å². The van der Waals surface area contributed by atoms with Crippen LogP contribution in [0.2, 0.25) is 0 Å². The van der Waals surface area contributed by atoms with Crippen molar-refractivity contribution in [1.29, 1.82) is 0 Å². The van der Waals surface area contributed by atoms with Crippen LogP contribution in [0.4, 0.5) is 10.2 Å². The van der Waals surface area contributed by atoms with Gasteiger partial charge in [-0.25, -0.2) is 14.4 Å². The van der Waals surface area contributed by atoms with Crippen LogP contribution < -0.4 is 10.5 Å². The molecular formula is C23H24FN5O2. The normalized spacial score (nSPS) is 14.0. The SMILES string of the molecule is CCc1cc(=O)[nH]c(-c2ccc(N3CCN(C(=O)Cc4ccc(F)cc4)CC3)nc2)n1. The van der Waals surface area contributed by atoms with Crippen LogP contribution in [-0.2, 0) is 17.6 Å². The van der Waals surface area contributed by atoms with Gasteiger partial charge in [0.1, 0.15) is 17.5 Å². The number of benzene rings is 1. The van der Waals surface area contributed by atoms with Crippen LogP contribution in [0, 0.1) is 5.82 Å². The van der Waals surface area contributed by atoms with Crippen LogP contribution in [0.5, 0.6) is 0 Å².